The molecule has 0 spiro atoms. The van der Waals surface area contributed by atoms with E-state index in [1.165, 1.54) is 0 Å². The molecule has 0 fully saturated rings. The van der Waals surface area contributed by atoms with E-state index >= 15 is 0 Å². The van der Waals surface area contributed by atoms with E-state index in [-0.39, 0.29) is 0 Å². The van der Waals surface area contributed by atoms with Crippen molar-refractivity contribution < 1.29 is 4.74 Å². The fraction of sp³-hybridized carbons (Fsp3) is 0.562. The van der Waals surface area contributed by atoms with E-state index < -0.39 is 0 Å². The molecule has 0 bridgehead atoms. The van der Waals surface area contributed by atoms with Crippen molar-refractivity contribution in [3.8, 4) is 6.07 Å². The van der Waals surface area contributed by atoms with E-state index in [0.717, 1.165) is 31.5 Å². The highest BCUT2D eigenvalue weighted by Gasteiger charge is 2.16. The third kappa shape index (κ3) is 4.79. The average molecular weight is 295 g/mol. The Labute approximate surface area is 127 Å². The minimum Gasteiger partial charge on any atom is -0.383 e. The van der Waals surface area contributed by atoms with Gasteiger partial charge in [0.15, 0.2) is 0 Å². The molecule has 0 aliphatic carbocycles. The van der Waals surface area contributed by atoms with Crippen LogP contribution in [0.4, 0.5) is 0 Å². The molecule has 0 saturated heterocycles. The summed E-state index contributed by atoms with van der Waals surface area (Å²) < 4.78 is 5.20. The second kappa shape index (κ2) is 8.97. The van der Waals surface area contributed by atoms with Crippen molar-refractivity contribution in [2.24, 2.45) is 0 Å². The molecule has 0 saturated carbocycles. The summed E-state index contributed by atoms with van der Waals surface area (Å²) in [4.78, 5) is 2.40. The minimum atomic E-state index is 0.525. The summed E-state index contributed by atoms with van der Waals surface area (Å²) in [5.74, 6) is 0. The van der Waals surface area contributed by atoms with Crippen LogP contribution < -0.4 is 0 Å². The monoisotopic (exact) mass is 294 g/mol. The fourth-order valence-electron chi connectivity index (χ4n) is 2.37. The van der Waals surface area contributed by atoms with Gasteiger partial charge < -0.3 is 4.74 Å². The van der Waals surface area contributed by atoms with Crippen molar-refractivity contribution in [1.82, 2.24) is 4.90 Å². The lowest BCUT2D eigenvalue weighted by Gasteiger charge is -2.30. The number of halogens is 1. The van der Waals surface area contributed by atoms with Crippen LogP contribution in [0.25, 0.3) is 0 Å². The predicted octanol–water partition coefficient (Wildman–Crippen LogP) is 3.85. The summed E-state index contributed by atoms with van der Waals surface area (Å²) in [6, 6.07) is 8.14. The molecular weight excluding hydrogens is 272 g/mol. The van der Waals surface area contributed by atoms with Gasteiger partial charge in [-0.25, -0.2) is 0 Å². The smallest absolute Gasteiger partial charge is 0.0992 e. The molecule has 0 radical (unpaired) electrons. The van der Waals surface area contributed by atoms with Crippen molar-refractivity contribution in [3.05, 3.63) is 34.3 Å². The summed E-state index contributed by atoms with van der Waals surface area (Å²) in [5.41, 5.74) is 1.67. The first-order chi connectivity index (χ1) is 9.65. The van der Waals surface area contributed by atoms with Gasteiger partial charge in [-0.3, -0.25) is 4.90 Å². The highest BCUT2D eigenvalue weighted by Crippen LogP contribution is 2.21. The molecule has 1 aromatic rings. The lowest BCUT2D eigenvalue weighted by atomic mass is 10.1. The fourth-order valence-corrected chi connectivity index (χ4v) is 2.61. The minimum absolute atomic E-state index is 0.525. The zero-order valence-corrected chi connectivity index (χ0v) is 13.3. The first-order valence-corrected chi connectivity index (χ1v) is 7.45. The second-order valence-corrected chi connectivity index (χ2v) is 5.26. The van der Waals surface area contributed by atoms with Crippen molar-refractivity contribution >= 4 is 11.6 Å². The molecule has 0 aliphatic rings. The lowest BCUT2D eigenvalue weighted by molar-refractivity contribution is 0.110. The Morgan fingerprint density at radius 1 is 1.35 bits per heavy atom. The second-order valence-electron chi connectivity index (χ2n) is 4.85. The molecule has 0 amide bonds. The molecule has 1 aromatic carbocycles. The normalized spacial score (nSPS) is 11.1. The lowest BCUT2D eigenvalue weighted by Crippen LogP contribution is -2.36. The van der Waals surface area contributed by atoms with Crippen molar-refractivity contribution in [3.63, 3.8) is 0 Å². The van der Waals surface area contributed by atoms with Crippen LogP contribution in [-0.4, -0.2) is 31.2 Å². The summed E-state index contributed by atoms with van der Waals surface area (Å²) in [6.45, 7) is 6.80. The van der Waals surface area contributed by atoms with Gasteiger partial charge in [0.05, 0.1) is 18.2 Å². The van der Waals surface area contributed by atoms with Gasteiger partial charge in [0.2, 0.25) is 0 Å². The van der Waals surface area contributed by atoms with Gasteiger partial charge in [-0.05, 0) is 30.5 Å². The highest BCUT2D eigenvalue weighted by molar-refractivity contribution is 6.31. The van der Waals surface area contributed by atoms with Gasteiger partial charge in [-0.15, -0.1) is 0 Å². The molecule has 0 aromatic heterocycles. The molecule has 4 heteroatoms. The van der Waals surface area contributed by atoms with Crippen molar-refractivity contribution in [2.75, 3.05) is 20.3 Å². The van der Waals surface area contributed by atoms with E-state index in [2.05, 4.69) is 24.8 Å². The maximum atomic E-state index is 8.88. The molecular formula is C16H23ClN2O. The largest absolute Gasteiger partial charge is 0.383 e. The number of nitriles is 1. The van der Waals surface area contributed by atoms with E-state index in [4.69, 9.17) is 21.6 Å². The number of hydrogen-bond acceptors (Lipinski definition) is 3. The molecule has 0 heterocycles. The standard InChI is InChI=1S/C16H23ClN2O/c1-4-15(5-2)19(8-9-20-3)12-14-7-6-13(11-18)10-16(14)17/h6-7,10,15H,4-5,8-9,12H2,1-3H3. The SMILES string of the molecule is CCC(CC)N(CCOC)Cc1ccc(C#N)cc1Cl. The molecule has 110 valence electrons. The van der Waals surface area contributed by atoms with Crippen LogP contribution in [-0.2, 0) is 11.3 Å². The van der Waals surface area contributed by atoms with Crippen LogP contribution in [0.1, 0.15) is 37.8 Å². The molecule has 0 aliphatic heterocycles. The van der Waals surface area contributed by atoms with E-state index in [1.54, 1.807) is 13.2 Å². The van der Waals surface area contributed by atoms with Crippen LogP contribution in [0.2, 0.25) is 5.02 Å². The number of methoxy groups -OCH3 is 1. The number of benzene rings is 1. The highest BCUT2D eigenvalue weighted by atomic mass is 35.5. The molecule has 3 nitrogen and oxygen atoms in total. The van der Waals surface area contributed by atoms with Gasteiger partial charge in [0.1, 0.15) is 0 Å². The Kier molecular flexibility index (Phi) is 7.61. The van der Waals surface area contributed by atoms with Gasteiger partial charge in [-0.1, -0.05) is 31.5 Å². The Balaban J connectivity index is 2.85. The average Bonchev–Trinajstić information content (AvgIpc) is 2.47. The number of nitrogens with zero attached hydrogens (tertiary/aromatic N) is 2. The Hall–Kier alpha value is -1.08. The maximum Gasteiger partial charge on any atom is 0.0992 e. The maximum absolute atomic E-state index is 8.88. The van der Waals surface area contributed by atoms with E-state index in [1.807, 2.05) is 12.1 Å². The molecule has 1 rings (SSSR count). The Morgan fingerprint density at radius 3 is 2.55 bits per heavy atom. The quantitative estimate of drug-likeness (QED) is 0.731. The van der Waals surface area contributed by atoms with Crippen molar-refractivity contribution in [1.29, 1.82) is 5.26 Å². The number of hydrogen-bond donors (Lipinski definition) is 0. The molecule has 0 unspecified atom stereocenters. The molecule has 0 atom stereocenters. The van der Waals surface area contributed by atoms with Crippen LogP contribution in [0, 0.1) is 11.3 Å². The predicted molar refractivity (Wildman–Crippen MR) is 82.8 cm³/mol. The topological polar surface area (TPSA) is 36.3 Å². The molecule has 0 N–H and O–H groups in total. The first-order valence-electron chi connectivity index (χ1n) is 7.07. The zero-order chi connectivity index (χ0) is 15.0. The first kappa shape index (κ1) is 17.0. The summed E-state index contributed by atoms with van der Waals surface area (Å²) in [6.07, 6.45) is 2.21. The van der Waals surface area contributed by atoms with Gasteiger partial charge >= 0.3 is 0 Å². The Morgan fingerprint density at radius 2 is 2.05 bits per heavy atom. The van der Waals surface area contributed by atoms with Gasteiger partial charge in [-0.2, -0.15) is 5.26 Å². The van der Waals surface area contributed by atoms with E-state index in [9.17, 15) is 0 Å². The molecule has 20 heavy (non-hydrogen) atoms. The third-order valence-corrected chi connectivity index (χ3v) is 3.95. The van der Waals surface area contributed by atoms with Crippen LogP contribution in [0.3, 0.4) is 0 Å². The van der Waals surface area contributed by atoms with Crippen LogP contribution in [0.15, 0.2) is 18.2 Å². The summed E-state index contributed by atoms with van der Waals surface area (Å²) in [7, 11) is 1.72. The number of rotatable bonds is 8. The third-order valence-electron chi connectivity index (χ3n) is 3.60. The Bertz CT molecular complexity index is 452. The number of ether oxygens (including phenoxy) is 1. The van der Waals surface area contributed by atoms with Crippen LogP contribution >= 0.6 is 11.6 Å². The van der Waals surface area contributed by atoms with Gasteiger partial charge in [0.25, 0.3) is 0 Å². The van der Waals surface area contributed by atoms with Crippen LogP contribution in [0.5, 0.6) is 0 Å². The summed E-state index contributed by atoms with van der Waals surface area (Å²) >= 11 is 6.27. The zero-order valence-electron chi connectivity index (χ0n) is 12.5. The van der Waals surface area contributed by atoms with E-state index in [0.29, 0.717) is 23.2 Å². The van der Waals surface area contributed by atoms with Gasteiger partial charge in [0, 0.05) is 31.3 Å². The van der Waals surface area contributed by atoms with Crippen molar-refractivity contribution in [2.45, 2.75) is 39.3 Å². The summed E-state index contributed by atoms with van der Waals surface area (Å²) in [5, 5.41) is 9.54.